The van der Waals surface area contributed by atoms with Gasteiger partial charge in [-0.2, -0.15) is 0 Å². The molecule has 0 bridgehead atoms. The summed E-state index contributed by atoms with van der Waals surface area (Å²) in [5.41, 5.74) is 2.41. The van der Waals surface area contributed by atoms with Gasteiger partial charge in [-0.3, -0.25) is 4.99 Å². The van der Waals surface area contributed by atoms with E-state index in [0.717, 1.165) is 21.9 Å². The molecule has 1 aliphatic rings. The van der Waals surface area contributed by atoms with Crippen LogP contribution in [0.2, 0.25) is 0 Å². The molecule has 0 aromatic heterocycles. The first-order chi connectivity index (χ1) is 9.31. The van der Waals surface area contributed by atoms with Crippen molar-refractivity contribution in [3.05, 3.63) is 64.6 Å². The molecule has 1 N–H and O–H groups in total. The summed E-state index contributed by atoms with van der Waals surface area (Å²) in [5.74, 6) is 0. The van der Waals surface area contributed by atoms with Crippen molar-refractivity contribution < 1.29 is 0 Å². The Morgan fingerprint density at radius 2 is 1.79 bits per heavy atom. The Balaban J connectivity index is 1.64. The van der Waals surface area contributed by atoms with E-state index in [2.05, 4.69) is 50.5 Å². The van der Waals surface area contributed by atoms with Crippen LogP contribution in [0, 0.1) is 0 Å². The molecule has 0 amide bonds. The first kappa shape index (κ1) is 12.8. The molecule has 2 aromatic carbocycles. The second-order valence-corrected chi connectivity index (χ2v) is 6.40. The minimum Gasteiger partial charge on any atom is -0.335 e. The summed E-state index contributed by atoms with van der Waals surface area (Å²) in [6.07, 6.45) is 0. The Hall–Kier alpha value is -1.26. The molecule has 96 valence electrons. The van der Waals surface area contributed by atoms with E-state index in [4.69, 9.17) is 0 Å². The number of aliphatic imine (C=N–C) groups is 1. The van der Waals surface area contributed by atoms with Crippen molar-refractivity contribution in [2.24, 2.45) is 4.99 Å². The number of amidine groups is 1. The van der Waals surface area contributed by atoms with Gasteiger partial charge in [0.15, 0.2) is 5.17 Å². The number of nitrogens with one attached hydrogen (secondary N) is 1. The Bertz CT molecular complexity index is 581. The number of benzene rings is 2. The summed E-state index contributed by atoms with van der Waals surface area (Å²) in [5, 5.41) is 4.79. The van der Waals surface area contributed by atoms with Crippen LogP contribution in [0.3, 0.4) is 0 Å². The van der Waals surface area contributed by atoms with Crippen LogP contribution in [0.5, 0.6) is 0 Å². The molecule has 2 nitrogen and oxygen atoms in total. The predicted molar refractivity (Wildman–Crippen MR) is 86.8 cm³/mol. The van der Waals surface area contributed by atoms with Crippen molar-refractivity contribution in [2.45, 2.75) is 5.25 Å². The fourth-order valence-corrected chi connectivity index (χ4v) is 3.24. The van der Waals surface area contributed by atoms with E-state index in [1.54, 1.807) is 11.8 Å². The molecular formula is C15H13BrN2S. The third-order valence-corrected chi connectivity index (χ3v) is 4.61. The topological polar surface area (TPSA) is 24.4 Å². The van der Waals surface area contributed by atoms with Crippen molar-refractivity contribution in [3.63, 3.8) is 0 Å². The lowest BCUT2D eigenvalue weighted by Crippen LogP contribution is -2.05. The van der Waals surface area contributed by atoms with Gasteiger partial charge in [0.2, 0.25) is 0 Å². The zero-order valence-electron chi connectivity index (χ0n) is 10.2. The zero-order chi connectivity index (χ0) is 13.1. The fraction of sp³-hybridized carbons (Fsp3) is 0.133. The summed E-state index contributed by atoms with van der Waals surface area (Å²) >= 11 is 5.23. The van der Waals surface area contributed by atoms with Crippen LogP contribution >= 0.6 is 27.7 Å². The molecule has 19 heavy (non-hydrogen) atoms. The van der Waals surface area contributed by atoms with E-state index in [1.165, 1.54) is 5.56 Å². The second kappa shape index (κ2) is 5.80. The van der Waals surface area contributed by atoms with E-state index in [0.29, 0.717) is 5.25 Å². The Kier molecular flexibility index (Phi) is 3.89. The first-order valence-corrected chi connectivity index (χ1v) is 7.77. The third kappa shape index (κ3) is 3.19. The van der Waals surface area contributed by atoms with E-state index < -0.39 is 0 Å². The monoisotopic (exact) mass is 332 g/mol. The van der Waals surface area contributed by atoms with Crippen LogP contribution in [0.1, 0.15) is 10.8 Å². The molecule has 1 unspecified atom stereocenters. The van der Waals surface area contributed by atoms with E-state index in [9.17, 15) is 0 Å². The molecule has 1 heterocycles. The number of hydrogen-bond donors (Lipinski definition) is 1. The maximum absolute atomic E-state index is 4.57. The van der Waals surface area contributed by atoms with Gasteiger partial charge in [0, 0.05) is 10.2 Å². The van der Waals surface area contributed by atoms with Gasteiger partial charge in [0.1, 0.15) is 0 Å². The molecule has 0 fully saturated rings. The minimum absolute atomic E-state index is 0.430. The number of thioether (sulfide) groups is 1. The normalized spacial score (nSPS) is 18.2. The highest BCUT2D eigenvalue weighted by Crippen LogP contribution is 2.35. The highest BCUT2D eigenvalue weighted by molar-refractivity contribution is 9.10. The SMILES string of the molecule is Brc1ccc(NC2=NCC(c3ccccc3)S2)cc1. The lowest BCUT2D eigenvalue weighted by molar-refractivity contribution is 0.966. The number of anilines is 1. The van der Waals surface area contributed by atoms with Crippen molar-refractivity contribution >= 4 is 38.5 Å². The van der Waals surface area contributed by atoms with Crippen LogP contribution in [0.25, 0.3) is 0 Å². The van der Waals surface area contributed by atoms with E-state index >= 15 is 0 Å². The summed E-state index contributed by atoms with van der Waals surface area (Å²) < 4.78 is 1.08. The van der Waals surface area contributed by atoms with Gasteiger partial charge in [0.05, 0.1) is 11.8 Å². The van der Waals surface area contributed by atoms with Crippen molar-refractivity contribution in [2.75, 3.05) is 11.9 Å². The van der Waals surface area contributed by atoms with Gasteiger partial charge in [-0.1, -0.05) is 58.0 Å². The van der Waals surface area contributed by atoms with Gasteiger partial charge in [0.25, 0.3) is 0 Å². The van der Waals surface area contributed by atoms with E-state index in [-0.39, 0.29) is 0 Å². The van der Waals surface area contributed by atoms with Crippen molar-refractivity contribution in [3.8, 4) is 0 Å². The molecule has 2 aromatic rings. The molecule has 0 saturated heterocycles. The second-order valence-electron chi connectivity index (χ2n) is 4.29. The third-order valence-electron chi connectivity index (χ3n) is 2.92. The van der Waals surface area contributed by atoms with Crippen molar-refractivity contribution in [1.82, 2.24) is 0 Å². The van der Waals surface area contributed by atoms with Crippen molar-refractivity contribution in [1.29, 1.82) is 0 Å². The average Bonchev–Trinajstić information content (AvgIpc) is 2.91. The van der Waals surface area contributed by atoms with Gasteiger partial charge in [-0.25, -0.2) is 0 Å². The summed E-state index contributed by atoms with van der Waals surface area (Å²) in [4.78, 5) is 4.57. The highest BCUT2D eigenvalue weighted by Gasteiger charge is 2.20. The fourth-order valence-electron chi connectivity index (χ4n) is 1.94. The Morgan fingerprint density at radius 1 is 1.05 bits per heavy atom. The summed E-state index contributed by atoms with van der Waals surface area (Å²) in [7, 11) is 0. The van der Waals surface area contributed by atoms with Crippen LogP contribution < -0.4 is 5.32 Å². The number of nitrogens with zero attached hydrogens (tertiary/aromatic N) is 1. The molecule has 0 aliphatic carbocycles. The first-order valence-electron chi connectivity index (χ1n) is 6.10. The van der Waals surface area contributed by atoms with Crippen LogP contribution in [0.15, 0.2) is 64.1 Å². The molecule has 1 atom stereocenters. The van der Waals surface area contributed by atoms with Gasteiger partial charge < -0.3 is 5.32 Å². The predicted octanol–water partition coefficient (Wildman–Crippen LogP) is 4.71. The van der Waals surface area contributed by atoms with Gasteiger partial charge in [-0.05, 0) is 29.8 Å². The maximum Gasteiger partial charge on any atom is 0.161 e. The van der Waals surface area contributed by atoms with Gasteiger partial charge >= 0.3 is 0 Å². The Morgan fingerprint density at radius 3 is 2.53 bits per heavy atom. The Labute approximate surface area is 125 Å². The molecular weight excluding hydrogens is 320 g/mol. The lowest BCUT2D eigenvalue weighted by Gasteiger charge is -2.09. The summed E-state index contributed by atoms with van der Waals surface area (Å²) in [6.45, 7) is 0.841. The standard InChI is InChI=1S/C15H13BrN2S/c16-12-6-8-13(9-7-12)18-15-17-10-14(19-15)11-4-2-1-3-5-11/h1-9,14H,10H2,(H,17,18). The lowest BCUT2D eigenvalue weighted by atomic mass is 10.1. The largest absolute Gasteiger partial charge is 0.335 e. The number of rotatable bonds is 2. The minimum atomic E-state index is 0.430. The number of halogens is 1. The molecule has 1 aliphatic heterocycles. The smallest absolute Gasteiger partial charge is 0.161 e. The zero-order valence-corrected chi connectivity index (χ0v) is 12.6. The average molecular weight is 333 g/mol. The quantitative estimate of drug-likeness (QED) is 0.861. The number of hydrogen-bond acceptors (Lipinski definition) is 3. The highest BCUT2D eigenvalue weighted by atomic mass is 79.9. The van der Waals surface area contributed by atoms with Crippen LogP contribution in [-0.4, -0.2) is 11.7 Å². The molecule has 0 radical (unpaired) electrons. The van der Waals surface area contributed by atoms with Crippen LogP contribution in [-0.2, 0) is 0 Å². The van der Waals surface area contributed by atoms with Crippen LogP contribution in [0.4, 0.5) is 5.69 Å². The summed E-state index contributed by atoms with van der Waals surface area (Å²) in [6, 6.07) is 18.7. The van der Waals surface area contributed by atoms with E-state index in [1.807, 2.05) is 30.3 Å². The van der Waals surface area contributed by atoms with Gasteiger partial charge in [-0.15, -0.1) is 0 Å². The molecule has 0 spiro atoms. The molecule has 0 saturated carbocycles. The molecule has 3 rings (SSSR count). The molecule has 4 heteroatoms. The maximum atomic E-state index is 4.57.